The summed E-state index contributed by atoms with van der Waals surface area (Å²) in [5, 5.41) is 2.45. The van der Waals surface area contributed by atoms with E-state index in [1.807, 2.05) is 24.3 Å². The van der Waals surface area contributed by atoms with Crippen LogP contribution in [-0.2, 0) is 0 Å². The van der Waals surface area contributed by atoms with E-state index in [0.717, 1.165) is 17.3 Å². The van der Waals surface area contributed by atoms with Crippen LogP contribution in [-0.4, -0.2) is 34.7 Å². The van der Waals surface area contributed by atoms with Crippen molar-refractivity contribution in [3.8, 4) is 20.9 Å². The summed E-state index contributed by atoms with van der Waals surface area (Å²) in [6, 6.07) is 7.72. The van der Waals surface area contributed by atoms with Crippen molar-refractivity contribution in [3.63, 3.8) is 0 Å². The normalized spacial score (nSPS) is 13.5. The number of thiophene rings is 2. The van der Waals surface area contributed by atoms with Crippen LogP contribution in [0.1, 0.15) is 20.7 Å². The minimum atomic E-state index is -0.376. The summed E-state index contributed by atoms with van der Waals surface area (Å²) in [5.41, 5.74) is 3.64. The molecule has 10 heteroatoms. The molecule has 0 radical (unpaired) electrons. The number of nitrogens with one attached hydrogen (secondary N) is 1. The second-order valence-corrected chi connectivity index (χ2v) is 11.5. The van der Waals surface area contributed by atoms with Crippen LogP contribution in [0.4, 0.5) is 0 Å². The van der Waals surface area contributed by atoms with Crippen LogP contribution in [0.15, 0.2) is 31.8 Å². The third-order valence-corrected chi connectivity index (χ3v) is 8.42. The van der Waals surface area contributed by atoms with Gasteiger partial charge in [0.1, 0.15) is 0 Å². The summed E-state index contributed by atoms with van der Waals surface area (Å²) in [6.45, 7) is 0. The summed E-state index contributed by atoms with van der Waals surface area (Å²) in [7, 11) is 0. The number of hydrogen-bond donors (Lipinski definition) is 1. The Morgan fingerprint density at radius 2 is 1.23 bits per heavy atom. The predicted molar refractivity (Wildman–Crippen MR) is 110 cm³/mol. The van der Waals surface area contributed by atoms with Gasteiger partial charge in [-0.1, -0.05) is 0 Å². The van der Waals surface area contributed by atoms with Gasteiger partial charge in [-0.05, 0) is 0 Å². The fourth-order valence-electron chi connectivity index (χ4n) is 3.06. The average Bonchev–Trinajstić information content (AvgIpc) is 3.36. The fourth-order valence-corrected chi connectivity index (χ4v) is 7.11. The molecule has 2 amide bonds. The molecule has 0 unspecified atom stereocenters. The van der Waals surface area contributed by atoms with E-state index in [0.29, 0.717) is 33.3 Å². The molecule has 128 valence electrons. The van der Waals surface area contributed by atoms with E-state index in [1.165, 1.54) is 22.7 Å². The Bertz CT molecular complexity index is 1150. The molecule has 4 aromatic rings. The van der Waals surface area contributed by atoms with Gasteiger partial charge in [0.15, 0.2) is 0 Å². The molecule has 0 saturated carbocycles. The quantitative estimate of drug-likeness (QED) is 0.282. The molecule has 0 fully saturated rings. The van der Waals surface area contributed by atoms with E-state index in [1.54, 1.807) is 0 Å². The summed E-state index contributed by atoms with van der Waals surface area (Å²) in [4.78, 5) is 27.1. The first-order chi connectivity index (χ1) is 12.5. The number of amides is 2. The summed E-state index contributed by atoms with van der Waals surface area (Å²) < 4.78 is 11.1. The van der Waals surface area contributed by atoms with Gasteiger partial charge in [-0.2, -0.15) is 0 Å². The number of halogens is 2. The molecule has 0 spiro atoms. The average molecular weight is 574 g/mol. The van der Waals surface area contributed by atoms with Gasteiger partial charge < -0.3 is 0 Å². The molecule has 0 aliphatic carbocycles. The number of aromatic nitrogens is 2. The molecule has 3 aromatic heterocycles. The van der Waals surface area contributed by atoms with Gasteiger partial charge >= 0.3 is 179 Å². The zero-order valence-electron chi connectivity index (χ0n) is 12.5. The SMILES string of the molecule is O=C1NC(=O)c2c1c(-c1ccc(Br)s1)c1n[se]nc1c2-c1ccc(Br)s1. The van der Waals surface area contributed by atoms with Gasteiger partial charge in [-0.25, -0.2) is 0 Å². The molecule has 4 heterocycles. The second kappa shape index (κ2) is 6.19. The molecule has 0 bridgehead atoms. The van der Waals surface area contributed by atoms with Gasteiger partial charge in [0.2, 0.25) is 0 Å². The van der Waals surface area contributed by atoms with Crippen molar-refractivity contribution in [1.29, 1.82) is 0 Å². The number of carbonyl (C=O) groups excluding carboxylic acids is 2. The van der Waals surface area contributed by atoms with Crippen LogP contribution >= 0.6 is 54.5 Å². The first-order valence-electron chi connectivity index (χ1n) is 7.24. The van der Waals surface area contributed by atoms with E-state index in [-0.39, 0.29) is 26.8 Å². The zero-order valence-corrected chi connectivity index (χ0v) is 19.0. The zero-order chi connectivity index (χ0) is 18.0. The number of nitrogens with zero attached hydrogens (tertiary/aromatic N) is 2. The Hall–Kier alpha value is -1.16. The Morgan fingerprint density at radius 1 is 0.769 bits per heavy atom. The van der Waals surface area contributed by atoms with E-state index >= 15 is 0 Å². The Balaban J connectivity index is 1.98. The van der Waals surface area contributed by atoms with Crippen LogP contribution in [0, 0.1) is 0 Å². The molecule has 1 aromatic carbocycles. The molecule has 1 N–H and O–H groups in total. The van der Waals surface area contributed by atoms with Gasteiger partial charge in [-0.15, -0.1) is 0 Å². The topological polar surface area (TPSA) is 72.0 Å². The van der Waals surface area contributed by atoms with E-state index in [9.17, 15) is 9.59 Å². The maximum atomic E-state index is 12.7. The Kier molecular flexibility index (Phi) is 4.04. The number of fused-ring (bicyclic) bond motifs is 2. The molecule has 0 atom stereocenters. The molecule has 5 nitrogen and oxygen atoms in total. The van der Waals surface area contributed by atoms with E-state index < -0.39 is 0 Å². The van der Waals surface area contributed by atoms with Gasteiger partial charge in [0.25, 0.3) is 0 Å². The van der Waals surface area contributed by atoms with E-state index in [4.69, 9.17) is 0 Å². The Morgan fingerprint density at radius 3 is 1.62 bits per heavy atom. The maximum absolute atomic E-state index is 12.7. The minimum absolute atomic E-state index is 0.288. The summed E-state index contributed by atoms with van der Waals surface area (Å²) in [6.07, 6.45) is 0. The second-order valence-electron chi connectivity index (χ2n) is 5.45. The van der Waals surface area contributed by atoms with Crippen molar-refractivity contribution < 1.29 is 9.59 Å². The fraction of sp³-hybridized carbons (Fsp3) is 0. The van der Waals surface area contributed by atoms with Crippen molar-refractivity contribution >= 4 is 92.3 Å². The van der Waals surface area contributed by atoms with Gasteiger partial charge in [0.05, 0.1) is 0 Å². The first kappa shape index (κ1) is 17.0. The molecular weight excluding hydrogens is 569 g/mol. The third-order valence-electron chi connectivity index (χ3n) is 4.03. The molecule has 1 aliphatic rings. The van der Waals surface area contributed by atoms with Crippen molar-refractivity contribution in [2.24, 2.45) is 0 Å². The van der Waals surface area contributed by atoms with Crippen LogP contribution in [0.25, 0.3) is 31.9 Å². The summed E-state index contributed by atoms with van der Waals surface area (Å²) in [5.74, 6) is -0.752. The van der Waals surface area contributed by atoms with Crippen molar-refractivity contribution in [2.75, 3.05) is 0 Å². The summed E-state index contributed by atoms with van der Waals surface area (Å²) >= 11 is 9.66. The standard InChI is InChI=1S/C16H5Br2N3O2S2Se/c17-7-3-1-5(24-7)9-11-12(16(23)19-15(11)22)10(6-2-4-8(18)25-6)14-13(9)20-26-21-14/h1-4H,(H,19,22,23). The molecule has 26 heavy (non-hydrogen) atoms. The Labute approximate surface area is 177 Å². The monoisotopic (exact) mass is 573 g/mol. The van der Waals surface area contributed by atoms with Crippen LogP contribution < -0.4 is 5.32 Å². The number of hydrogen-bond acceptors (Lipinski definition) is 6. The molecule has 1 aliphatic heterocycles. The first-order valence-corrected chi connectivity index (χ1v) is 12.0. The number of benzene rings is 1. The predicted octanol–water partition coefficient (Wildman–Crippen LogP) is 4.55. The van der Waals surface area contributed by atoms with Crippen LogP contribution in [0.2, 0.25) is 0 Å². The van der Waals surface area contributed by atoms with Crippen molar-refractivity contribution in [2.45, 2.75) is 0 Å². The van der Waals surface area contributed by atoms with Crippen molar-refractivity contribution in [1.82, 2.24) is 13.3 Å². The van der Waals surface area contributed by atoms with Gasteiger partial charge in [-0.3, -0.25) is 0 Å². The van der Waals surface area contributed by atoms with Crippen LogP contribution in [0.5, 0.6) is 0 Å². The van der Waals surface area contributed by atoms with E-state index in [2.05, 4.69) is 45.1 Å². The molecule has 5 rings (SSSR count). The number of imide groups is 1. The number of rotatable bonds is 2. The van der Waals surface area contributed by atoms with Crippen LogP contribution in [0.3, 0.4) is 0 Å². The number of carbonyl (C=O) groups is 2. The van der Waals surface area contributed by atoms with Crippen molar-refractivity contribution in [3.05, 3.63) is 43.0 Å². The molecule has 0 saturated heterocycles. The molecular formula is C16H5Br2N3O2S2Se. The van der Waals surface area contributed by atoms with Gasteiger partial charge in [0, 0.05) is 0 Å². The third kappa shape index (κ3) is 2.44.